The molecule has 0 aromatic carbocycles. The maximum absolute atomic E-state index is 4.07. The van der Waals surface area contributed by atoms with Gasteiger partial charge in [-0.15, -0.1) is 0 Å². The maximum atomic E-state index is 4.07. The van der Waals surface area contributed by atoms with Crippen molar-refractivity contribution in [3.05, 3.63) is 22.9 Å². The monoisotopic (exact) mass is 288 g/mol. The summed E-state index contributed by atoms with van der Waals surface area (Å²) in [6.07, 6.45) is 7.02. The van der Waals surface area contributed by atoms with E-state index in [1.54, 1.807) is 0 Å². The highest BCUT2D eigenvalue weighted by Crippen LogP contribution is 2.25. The highest BCUT2D eigenvalue weighted by atomic mass is 79.9. The van der Waals surface area contributed by atoms with E-state index in [4.69, 9.17) is 0 Å². The van der Waals surface area contributed by atoms with E-state index in [1.165, 1.54) is 17.9 Å². The van der Waals surface area contributed by atoms with Crippen molar-refractivity contribution < 1.29 is 0 Å². The van der Waals surface area contributed by atoms with Crippen LogP contribution < -0.4 is 4.90 Å². The van der Waals surface area contributed by atoms with Crippen molar-refractivity contribution in [2.24, 2.45) is 0 Å². The summed E-state index contributed by atoms with van der Waals surface area (Å²) in [7, 11) is 2.13. The highest BCUT2D eigenvalue weighted by Gasteiger charge is 2.11. The highest BCUT2D eigenvalue weighted by molar-refractivity contribution is 9.10. The largest absolute Gasteiger partial charge is 0.371 e. The molecule has 84 valence electrons. The summed E-state index contributed by atoms with van der Waals surface area (Å²) >= 11 is 5.42. The summed E-state index contributed by atoms with van der Waals surface area (Å²) < 4.78 is 1.06. The molecule has 2 nitrogen and oxygen atoms in total. The zero-order valence-electron chi connectivity index (χ0n) is 9.40. The van der Waals surface area contributed by atoms with E-state index in [2.05, 4.69) is 46.0 Å². The molecule has 0 fully saturated rings. The van der Waals surface area contributed by atoms with Gasteiger partial charge >= 0.3 is 0 Å². The molecule has 1 aromatic rings. The summed E-state index contributed by atoms with van der Waals surface area (Å²) in [4.78, 5) is 6.36. The second-order valence-corrected chi connectivity index (χ2v) is 5.41. The Morgan fingerprint density at radius 2 is 2.33 bits per heavy atom. The molecule has 0 radical (unpaired) electrons. The number of rotatable bonds is 5. The minimum atomic E-state index is 0.552. The van der Waals surface area contributed by atoms with Crippen molar-refractivity contribution in [1.29, 1.82) is 0 Å². The smallest absolute Gasteiger partial charge is 0.0592 e. The molecule has 0 spiro atoms. The lowest BCUT2D eigenvalue weighted by atomic mass is 10.2. The number of hydrogen-bond donors (Lipinski definition) is 0. The quantitative estimate of drug-likeness (QED) is 0.826. The molecule has 0 bridgehead atoms. The fraction of sp³-hybridized carbons (Fsp3) is 0.545. The Morgan fingerprint density at radius 1 is 1.60 bits per heavy atom. The molecular formula is C11H17BrN2S. The molecular weight excluding hydrogens is 272 g/mol. The van der Waals surface area contributed by atoms with Gasteiger partial charge in [-0.2, -0.15) is 11.8 Å². The van der Waals surface area contributed by atoms with Gasteiger partial charge in [-0.3, -0.25) is 4.98 Å². The van der Waals surface area contributed by atoms with Crippen molar-refractivity contribution in [3.8, 4) is 0 Å². The molecule has 1 unspecified atom stereocenters. The first-order chi connectivity index (χ1) is 7.16. The number of halogens is 1. The summed E-state index contributed by atoms with van der Waals surface area (Å²) in [5.41, 5.74) is 1.21. The molecule has 0 saturated heterocycles. The SMILES string of the molecule is CSCCC(C)N(C)c1ccncc1Br. The molecule has 1 heterocycles. The summed E-state index contributed by atoms with van der Waals surface area (Å²) in [5.74, 6) is 1.20. The Balaban J connectivity index is 2.67. The van der Waals surface area contributed by atoms with Gasteiger partial charge in [0.25, 0.3) is 0 Å². The van der Waals surface area contributed by atoms with Gasteiger partial charge in [0, 0.05) is 25.5 Å². The number of pyridine rings is 1. The number of nitrogens with zero attached hydrogens (tertiary/aromatic N) is 2. The lowest BCUT2D eigenvalue weighted by Gasteiger charge is -2.27. The fourth-order valence-electron chi connectivity index (χ4n) is 1.37. The fourth-order valence-corrected chi connectivity index (χ4v) is 2.48. The van der Waals surface area contributed by atoms with Crippen molar-refractivity contribution in [2.45, 2.75) is 19.4 Å². The molecule has 0 amide bonds. The second kappa shape index (κ2) is 6.38. The van der Waals surface area contributed by atoms with E-state index in [-0.39, 0.29) is 0 Å². The van der Waals surface area contributed by atoms with Crippen molar-refractivity contribution in [2.75, 3.05) is 24.0 Å². The third kappa shape index (κ3) is 3.68. The van der Waals surface area contributed by atoms with Crippen LogP contribution in [0, 0.1) is 0 Å². The summed E-state index contributed by atoms with van der Waals surface area (Å²) in [5, 5.41) is 0. The van der Waals surface area contributed by atoms with Gasteiger partial charge in [-0.05, 0) is 47.3 Å². The molecule has 4 heteroatoms. The van der Waals surface area contributed by atoms with Crippen LogP contribution in [0.25, 0.3) is 0 Å². The number of anilines is 1. The van der Waals surface area contributed by atoms with Crippen LogP contribution in [0.2, 0.25) is 0 Å². The predicted molar refractivity (Wildman–Crippen MR) is 72.8 cm³/mol. The Morgan fingerprint density at radius 3 is 2.93 bits per heavy atom. The average molecular weight is 289 g/mol. The van der Waals surface area contributed by atoms with Crippen LogP contribution in [0.15, 0.2) is 22.9 Å². The maximum Gasteiger partial charge on any atom is 0.0592 e. The molecule has 15 heavy (non-hydrogen) atoms. The standard InChI is InChI=1S/C11H17BrN2S/c1-9(5-7-15-3)14(2)11-4-6-13-8-10(11)12/h4,6,8-9H,5,7H2,1-3H3. The summed E-state index contributed by atoms with van der Waals surface area (Å²) in [6, 6.07) is 2.59. The zero-order chi connectivity index (χ0) is 11.3. The Kier molecular flexibility index (Phi) is 5.47. The lowest BCUT2D eigenvalue weighted by Crippen LogP contribution is -2.29. The minimum absolute atomic E-state index is 0.552. The molecule has 0 aliphatic carbocycles. The van der Waals surface area contributed by atoms with Gasteiger partial charge < -0.3 is 4.90 Å². The van der Waals surface area contributed by atoms with Crippen LogP contribution in [0.4, 0.5) is 5.69 Å². The second-order valence-electron chi connectivity index (χ2n) is 3.57. The first kappa shape index (κ1) is 12.8. The topological polar surface area (TPSA) is 16.1 Å². The van der Waals surface area contributed by atoms with E-state index in [0.717, 1.165) is 4.47 Å². The summed E-state index contributed by atoms with van der Waals surface area (Å²) in [6.45, 7) is 2.25. The Hall–Kier alpha value is -0.220. The van der Waals surface area contributed by atoms with Gasteiger partial charge in [0.05, 0.1) is 10.2 Å². The lowest BCUT2D eigenvalue weighted by molar-refractivity contribution is 0.668. The van der Waals surface area contributed by atoms with E-state index >= 15 is 0 Å². The minimum Gasteiger partial charge on any atom is -0.371 e. The predicted octanol–water partition coefficient (Wildman–Crippen LogP) is 3.42. The van der Waals surface area contributed by atoms with Crippen molar-refractivity contribution in [3.63, 3.8) is 0 Å². The van der Waals surface area contributed by atoms with Crippen LogP contribution in [-0.2, 0) is 0 Å². The number of hydrogen-bond acceptors (Lipinski definition) is 3. The van der Waals surface area contributed by atoms with E-state index < -0.39 is 0 Å². The molecule has 1 aromatic heterocycles. The van der Waals surface area contributed by atoms with E-state index in [1.807, 2.05) is 30.2 Å². The van der Waals surface area contributed by atoms with Crippen molar-refractivity contribution in [1.82, 2.24) is 4.98 Å². The molecule has 0 aliphatic heterocycles. The first-order valence-electron chi connectivity index (χ1n) is 4.98. The first-order valence-corrected chi connectivity index (χ1v) is 7.16. The normalized spacial score (nSPS) is 12.5. The van der Waals surface area contributed by atoms with Gasteiger partial charge in [-0.25, -0.2) is 0 Å². The Bertz CT molecular complexity index is 306. The molecule has 0 aliphatic rings. The van der Waals surface area contributed by atoms with Crippen molar-refractivity contribution >= 4 is 33.4 Å². The van der Waals surface area contributed by atoms with Crippen LogP contribution in [-0.4, -0.2) is 30.1 Å². The van der Waals surface area contributed by atoms with Crippen LogP contribution in [0.3, 0.4) is 0 Å². The van der Waals surface area contributed by atoms with Gasteiger partial charge in [0.2, 0.25) is 0 Å². The molecule has 0 saturated carbocycles. The van der Waals surface area contributed by atoms with Gasteiger partial charge in [0.15, 0.2) is 0 Å². The third-order valence-electron chi connectivity index (χ3n) is 2.53. The van der Waals surface area contributed by atoms with Gasteiger partial charge in [0.1, 0.15) is 0 Å². The third-order valence-corrected chi connectivity index (χ3v) is 3.79. The number of aromatic nitrogens is 1. The number of thioether (sulfide) groups is 1. The van der Waals surface area contributed by atoms with Crippen LogP contribution >= 0.6 is 27.7 Å². The molecule has 1 rings (SSSR count). The zero-order valence-corrected chi connectivity index (χ0v) is 11.8. The van der Waals surface area contributed by atoms with E-state index in [0.29, 0.717) is 6.04 Å². The molecule has 1 atom stereocenters. The van der Waals surface area contributed by atoms with Gasteiger partial charge in [-0.1, -0.05) is 0 Å². The average Bonchev–Trinajstić information content (AvgIpc) is 2.25. The molecule has 0 N–H and O–H groups in total. The van der Waals surface area contributed by atoms with E-state index in [9.17, 15) is 0 Å². The van der Waals surface area contributed by atoms with Crippen LogP contribution in [0.1, 0.15) is 13.3 Å². The Labute approximate surface area is 105 Å². The van der Waals surface area contributed by atoms with Crippen LogP contribution in [0.5, 0.6) is 0 Å².